The number of Topliss-reactive ketones (excluding diaryl/α,β-unsaturated/α-hetero) is 1. The van der Waals surface area contributed by atoms with Gasteiger partial charge in [0.15, 0.2) is 5.78 Å². The first kappa shape index (κ1) is 14.3. The molecule has 1 aromatic rings. The van der Waals surface area contributed by atoms with Gasteiger partial charge in [0.1, 0.15) is 6.42 Å². The minimum atomic E-state index is -0.356. The van der Waals surface area contributed by atoms with Crippen molar-refractivity contribution in [1.29, 1.82) is 0 Å². The van der Waals surface area contributed by atoms with E-state index in [2.05, 4.69) is 11.8 Å². The van der Waals surface area contributed by atoms with Crippen molar-refractivity contribution in [2.45, 2.75) is 20.3 Å². The summed E-state index contributed by atoms with van der Waals surface area (Å²) >= 11 is 5.87. The predicted octanol–water partition coefficient (Wildman–Crippen LogP) is 2.85. The number of carbonyl (C=O) groups excluding carboxylic acids is 2. The molecule has 0 aliphatic heterocycles. The smallest absolute Gasteiger partial charge is 0.317 e. The summed E-state index contributed by atoms with van der Waals surface area (Å²) in [7, 11) is 0. The Labute approximate surface area is 111 Å². The van der Waals surface area contributed by atoms with Gasteiger partial charge in [-0.25, -0.2) is 0 Å². The Morgan fingerprint density at radius 1 is 1.39 bits per heavy atom. The Morgan fingerprint density at radius 3 is 2.72 bits per heavy atom. The van der Waals surface area contributed by atoms with Gasteiger partial charge >= 0.3 is 5.97 Å². The second-order valence-electron chi connectivity index (χ2n) is 3.53. The average Bonchev–Trinajstić information content (AvgIpc) is 2.31. The van der Waals surface area contributed by atoms with Gasteiger partial charge in [-0.05, 0) is 32.0 Å². The molecule has 0 atom stereocenters. The Hall–Kier alpha value is -1.79. The molecule has 1 aromatic carbocycles. The fourth-order valence-corrected chi connectivity index (χ4v) is 1.55. The quantitative estimate of drug-likeness (QED) is 0.479. The monoisotopic (exact) mass is 264 g/mol. The van der Waals surface area contributed by atoms with Gasteiger partial charge in [-0.15, -0.1) is 0 Å². The lowest BCUT2D eigenvalue weighted by Crippen LogP contribution is -2.01. The van der Waals surface area contributed by atoms with Crippen LogP contribution in [-0.2, 0) is 9.53 Å². The lowest BCUT2D eigenvalue weighted by atomic mass is 10.1. The van der Waals surface area contributed by atoms with E-state index in [-0.39, 0.29) is 18.2 Å². The second-order valence-corrected chi connectivity index (χ2v) is 3.94. The number of ether oxygens (including phenoxy) is 1. The Balaban J connectivity index is 2.80. The van der Waals surface area contributed by atoms with E-state index in [1.165, 1.54) is 6.92 Å². The van der Waals surface area contributed by atoms with Gasteiger partial charge in [0.25, 0.3) is 0 Å². The largest absolute Gasteiger partial charge is 0.465 e. The molecule has 18 heavy (non-hydrogen) atoms. The number of hydrogen-bond acceptors (Lipinski definition) is 3. The highest BCUT2D eigenvalue weighted by Gasteiger charge is 2.05. The molecule has 0 saturated carbocycles. The van der Waals surface area contributed by atoms with Crippen molar-refractivity contribution >= 4 is 23.4 Å². The van der Waals surface area contributed by atoms with Crippen LogP contribution in [0.2, 0.25) is 5.02 Å². The molecule has 0 radical (unpaired) electrons. The summed E-state index contributed by atoms with van der Waals surface area (Å²) in [6.07, 6.45) is 0.0336. The fourth-order valence-electron chi connectivity index (χ4n) is 1.30. The molecule has 0 aliphatic carbocycles. The molecular formula is C14H13ClO3. The number of esters is 1. The van der Waals surface area contributed by atoms with E-state index in [4.69, 9.17) is 16.3 Å². The van der Waals surface area contributed by atoms with Crippen LogP contribution >= 0.6 is 11.6 Å². The third kappa shape index (κ3) is 4.23. The van der Waals surface area contributed by atoms with E-state index in [1.54, 1.807) is 25.1 Å². The summed E-state index contributed by atoms with van der Waals surface area (Å²) in [6.45, 7) is 3.52. The molecule has 0 unspecified atom stereocenters. The van der Waals surface area contributed by atoms with Gasteiger partial charge in [0.2, 0.25) is 0 Å². The fraction of sp³-hybridized carbons (Fsp3) is 0.286. The molecule has 0 spiro atoms. The molecule has 0 N–H and O–H groups in total. The average molecular weight is 265 g/mol. The molecule has 0 amide bonds. The van der Waals surface area contributed by atoms with Crippen molar-refractivity contribution in [3.05, 3.63) is 34.3 Å². The molecule has 1 rings (SSSR count). The van der Waals surface area contributed by atoms with Crippen LogP contribution in [0.4, 0.5) is 0 Å². The maximum Gasteiger partial charge on any atom is 0.317 e. The van der Waals surface area contributed by atoms with Crippen LogP contribution in [0.15, 0.2) is 18.2 Å². The van der Waals surface area contributed by atoms with Gasteiger partial charge in [-0.1, -0.05) is 23.4 Å². The topological polar surface area (TPSA) is 43.4 Å². The number of hydrogen-bond donors (Lipinski definition) is 0. The summed E-state index contributed by atoms with van der Waals surface area (Å²) in [5, 5.41) is 0.401. The van der Waals surface area contributed by atoms with Crippen LogP contribution in [0, 0.1) is 11.8 Å². The highest BCUT2D eigenvalue weighted by Crippen LogP contribution is 2.17. The number of ketones is 1. The third-order valence-electron chi connectivity index (χ3n) is 2.12. The Kier molecular flexibility index (Phi) is 5.41. The Bertz CT molecular complexity index is 524. The minimum absolute atomic E-state index is 0.0336. The molecule has 4 heteroatoms. The highest BCUT2D eigenvalue weighted by atomic mass is 35.5. The molecule has 94 valence electrons. The van der Waals surface area contributed by atoms with Crippen molar-refractivity contribution in [3.8, 4) is 11.8 Å². The first-order chi connectivity index (χ1) is 8.54. The van der Waals surface area contributed by atoms with Crippen LogP contribution < -0.4 is 0 Å². The normalized spacial score (nSPS) is 9.28. The molecule has 3 nitrogen and oxygen atoms in total. The van der Waals surface area contributed by atoms with Crippen molar-refractivity contribution in [2.24, 2.45) is 0 Å². The van der Waals surface area contributed by atoms with Crippen molar-refractivity contribution in [2.75, 3.05) is 6.61 Å². The van der Waals surface area contributed by atoms with E-state index in [1.807, 2.05) is 0 Å². The van der Waals surface area contributed by atoms with Gasteiger partial charge in [-0.2, -0.15) is 0 Å². The van der Waals surface area contributed by atoms with Gasteiger partial charge in [0.05, 0.1) is 11.6 Å². The first-order valence-corrected chi connectivity index (χ1v) is 5.87. The maximum absolute atomic E-state index is 11.3. The zero-order chi connectivity index (χ0) is 13.5. The summed E-state index contributed by atoms with van der Waals surface area (Å²) in [6, 6.07) is 4.93. The summed E-state index contributed by atoms with van der Waals surface area (Å²) in [4.78, 5) is 22.3. The summed E-state index contributed by atoms with van der Waals surface area (Å²) < 4.78 is 4.74. The first-order valence-electron chi connectivity index (χ1n) is 5.49. The zero-order valence-electron chi connectivity index (χ0n) is 10.2. The van der Waals surface area contributed by atoms with E-state index < -0.39 is 0 Å². The number of halogens is 1. The molecule has 0 fully saturated rings. The number of rotatable bonds is 3. The lowest BCUT2D eigenvalue weighted by Gasteiger charge is -2.00. The van der Waals surface area contributed by atoms with Crippen LogP contribution in [0.3, 0.4) is 0 Å². The predicted molar refractivity (Wildman–Crippen MR) is 69.6 cm³/mol. The Morgan fingerprint density at radius 2 is 2.11 bits per heavy atom. The van der Waals surface area contributed by atoms with E-state index >= 15 is 0 Å². The molecular weight excluding hydrogens is 252 g/mol. The summed E-state index contributed by atoms with van der Waals surface area (Å²) in [5.74, 6) is 5.02. The van der Waals surface area contributed by atoms with E-state index in [9.17, 15) is 9.59 Å². The molecule has 0 aromatic heterocycles. The van der Waals surface area contributed by atoms with Gasteiger partial charge in [0, 0.05) is 11.1 Å². The van der Waals surface area contributed by atoms with Gasteiger partial charge < -0.3 is 4.74 Å². The standard InChI is InChI=1S/C14H13ClO3/c1-3-18-14(17)6-4-5-11-7-8-13(15)12(9-11)10(2)16/h7-9H,3,6H2,1-2H3. The van der Waals surface area contributed by atoms with E-state index in [0.717, 1.165) is 0 Å². The lowest BCUT2D eigenvalue weighted by molar-refractivity contribution is -0.141. The number of benzene rings is 1. The molecule has 0 aliphatic rings. The number of carbonyl (C=O) groups is 2. The van der Waals surface area contributed by atoms with Crippen molar-refractivity contribution in [3.63, 3.8) is 0 Å². The molecule has 0 saturated heterocycles. The summed E-state index contributed by atoms with van der Waals surface area (Å²) in [5.41, 5.74) is 1.08. The van der Waals surface area contributed by atoms with Crippen LogP contribution in [0.5, 0.6) is 0 Å². The second kappa shape index (κ2) is 6.83. The van der Waals surface area contributed by atoms with E-state index in [0.29, 0.717) is 22.8 Å². The SMILES string of the molecule is CCOC(=O)CC#Cc1ccc(Cl)c(C(C)=O)c1. The zero-order valence-corrected chi connectivity index (χ0v) is 11.0. The third-order valence-corrected chi connectivity index (χ3v) is 2.45. The molecule has 0 heterocycles. The van der Waals surface area contributed by atoms with Crippen molar-refractivity contribution < 1.29 is 14.3 Å². The highest BCUT2D eigenvalue weighted by molar-refractivity contribution is 6.33. The van der Waals surface area contributed by atoms with Crippen LogP contribution in [-0.4, -0.2) is 18.4 Å². The van der Waals surface area contributed by atoms with Crippen molar-refractivity contribution in [1.82, 2.24) is 0 Å². The molecule has 0 bridgehead atoms. The van der Waals surface area contributed by atoms with Crippen LogP contribution in [0.1, 0.15) is 36.2 Å². The van der Waals surface area contributed by atoms with Gasteiger partial charge in [-0.3, -0.25) is 9.59 Å². The minimum Gasteiger partial charge on any atom is -0.465 e. The maximum atomic E-state index is 11.3. The van der Waals surface area contributed by atoms with Crippen LogP contribution in [0.25, 0.3) is 0 Å².